The summed E-state index contributed by atoms with van der Waals surface area (Å²) in [6.07, 6.45) is 0. The molecule has 0 bridgehead atoms. The monoisotopic (exact) mass is 399 g/mol. The number of azo groups is 1. The molecule has 3 rings (SSSR count). The number of carbonyl (C=O) groups excluding carboxylic acids is 1. The van der Waals surface area contributed by atoms with Crippen LogP contribution in [-0.4, -0.2) is 32.5 Å². The van der Waals surface area contributed by atoms with Crippen molar-refractivity contribution in [1.29, 1.82) is 0 Å². The number of nitro benzene ring substituents is 2. The van der Waals surface area contributed by atoms with Crippen LogP contribution in [0.25, 0.3) is 10.9 Å². The Hall–Kier alpha value is -4.35. The molecule has 12 heteroatoms. The van der Waals surface area contributed by atoms with Crippen LogP contribution >= 0.6 is 0 Å². The van der Waals surface area contributed by atoms with Gasteiger partial charge in [-0.2, -0.15) is 0 Å². The Kier molecular flexibility index (Phi) is 5.17. The van der Waals surface area contributed by atoms with Crippen LogP contribution in [0.5, 0.6) is 11.6 Å². The van der Waals surface area contributed by atoms with E-state index in [1.54, 1.807) is 13.0 Å². The largest absolute Gasteiger partial charge is 0.493 e. The summed E-state index contributed by atoms with van der Waals surface area (Å²) in [7, 11) is 0. The van der Waals surface area contributed by atoms with E-state index >= 15 is 0 Å². The first kappa shape index (κ1) is 19.4. The maximum atomic E-state index is 11.9. The van der Waals surface area contributed by atoms with Crippen LogP contribution in [0, 0.1) is 27.2 Å². The number of fused-ring (bicyclic) bond motifs is 1. The van der Waals surface area contributed by atoms with Gasteiger partial charge in [-0.3, -0.25) is 25.0 Å². The van der Waals surface area contributed by atoms with Crippen molar-refractivity contribution < 1.29 is 24.5 Å². The number of hydrogen-bond donors (Lipinski definition) is 2. The molecule has 12 nitrogen and oxygen atoms in total. The molecule has 0 saturated carbocycles. The number of nitro groups is 2. The molecule has 0 aliphatic heterocycles. The van der Waals surface area contributed by atoms with Crippen molar-refractivity contribution in [3.05, 3.63) is 62.2 Å². The average Bonchev–Trinajstić information content (AvgIpc) is 2.99. The number of benzene rings is 2. The Morgan fingerprint density at radius 2 is 1.93 bits per heavy atom. The second kappa shape index (κ2) is 7.72. The van der Waals surface area contributed by atoms with Gasteiger partial charge in [-0.25, -0.2) is 0 Å². The Balaban J connectivity index is 1.78. The summed E-state index contributed by atoms with van der Waals surface area (Å²) in [5.74, 6) is -1.40. The minimum absolute atomic E-state index is 0.102. The molecule has 1 heterocycles. The number of amides is 1. The van der Waals surface area contributed by atoms with Crippen molar-refractivity contribution in [2.24, 2.45) is 10.2 Å². The number of rotatable bonds is 6. The highest BCUT2D eigenvalue weighted by Gasteiger charge is 2.17. The van der Waals surface area contributed by atoms with E-state index in [0.717, 1.165) is 0 Å². The first-order valence-electron chi connectivity index (χ1n) is 8.07. The number of hydrogen-bond acceptors (Lipinski definition) is 8. The van der Waals surface area contributed by atoms with Crippen LogP contribution in [0.2, 0.25) is 0 Å². The van der Waals surface area contributed by atoms with Gasteiger partial charge in [0, 0.05) is 23.6 Å². The molecule has 29 heavy (non-hydrogen) atoms. The number of aryl methyl sites for hydroxylation is 1. The molecule has 2 N–H and O–H groups in total. The van der Waals surface area contributed by atoms with Crippen LogP contribution in [0.3, 0.4) is 0 Å². The van der Waals surface area contributed by atoms with Gasteiger partial charge < -0.3 is 14.8 Å². The summed E-state index contributed by atoms with van der Waals surface area (Å²) in [5, 5.41) is 39.1. The summed E-state index contributed by atoms with van der Waals surface area (Å²) in [4.78, 5) is 35.2. The van der Waals surface area contributed by atoms with Crippen molar-refractivity contribution in [2.75, 3.05) is 6.61 Å². The number of nitrogens with one attached hydrogen (secondary N) is 1. The summed E-state index contributed by atoms with van der Waals surface area (Å²) in [6.45, 7) is 1.05. The number of ether oxygens (including phenoxy) is 1. The summed E-state index contributed by atoms with van der Waals surface area (Å²) in [5.41, 5.74) is 0.337. The maximum absolute atomic E-state index is 11.9. The molecule has 1 amide bonds. The van der Waals surface area contributed by atoms with Crippen molar-refractivity contribution in [3.8, 4) is 11.6 Å². The van der Waals surface area contributed by atoms with Crippen LogP contribution in [-0.2, 0) is 4.79 Å². The van der Waals surface area contributed by atoms with Gasteiger partial charge >= 0.3 is 11.6 Å². The van der Waals surface area contributed by atoms with Gasteiger partial charge in [0.2, 0.25) is 5.88 Å². The molecule has 0 spiro atoms. The Bertz CT molecular complexity index is 1170. The second-order valence-corrected chi connectivity index (χ2v) is 5.92. The van der Waals surface area contributed by atoms with Crippen LogP contribution < -0.4 is 4.74 Å². The zero-order valence-corrected chi connectivity index (χ0v) is 14.9. The lowest BCUT2D eigenvalue weighted by Gasteiger charge is -2.04. The van der Waals surface area contributed by atoms with Gasteiger partial charge in [-0.1, -0.05) is 6.07 Å². The minimum Gasteiger partial charge on any atom is -0.493 e. The molecular weight excluding hydrogens is 386 g/mol. The highest BCUT2D eigenvalue weighted by Crippen LogP contribution is 2.37. The molecule has 148 valence electrons. The van der Waals surface area contributed by atoms with Crippen molar-refractivity contribution in [2.45, 2.75) is 6.92 Å². The molecule has 1 aromatic heterocycles. The molecule has 0 radical (unpaired) electrons. The smallest absolute Gasteiger partial charge is 0.311 e. The molecule has 0 fully saturated rings. The highest BCUT2D eigenvalue weighted by atomic mass is 16.6. The lowest BCUT2D eigenvalue weighted by Crippen LogP contribution is -2.09. The molecule has 0 saturated heterocycles. The predicted molar refractivity (Wildman–Crippen MR) is 99.5 cm³/mol. The molecular formula is C17H13N5O7. The van der Waals surface area contributed by atoms with Gasteiger partial charge in [0.25, 0.3) is 5.69 Å². The fraction of sp³-hybridized carbons (Fsp3) is 0.118. The molecule has 0 aliphatic rings. The Morgan fingerprint density at radius 3 is 2.62 bits per heavy atom. The van der Waals surface area contributed by atoms with E-state index in [9.17, 15) is 30.1 Å². The van der Waals surface area contributed by atoms with Crippen molar-refractivity contribution in [3.63, 3.8) is 0 Å². The highest BCUT2D eigenvalue weighted by molar-refractivity contribution is 5.95. The average molecular weight is 399 g/mol. The summed E-state index contributed by atoms with van der Waals surface area (Å²) >= 11 is 0. The number of aromatic nitrogens is 1. The lowest BCUT2D eigenvalue weighted by molar-refractivity contribution is -0.385. The lowest BCUT2D eigenvalue weighted by atomic mass is 10.2. The predicted octanol–water partition coefficient (Wildman–Crippen LogP) is 3.69. The number of aromatic amines is 1. The molecule has 0 unspecified atom stereocenters. The number of carbonyl (C=O) groups is 1. The third-order valence-electron chi connectivity index (χ3n) is 3.87. The molecule has 3 aromatic rings. The number of non-ortho nitro benzene ring substituents is 1. The van der Waals surface area contributed by atoms with E-state index in [0.29, 0.717) is 11.1 Å². The van der Waals surface area contributed by atoms with Crippen LogP contribution in [0.15, 0.2) is 46.6 Å². The molecule has 0 aliphatic carbocycles. The molecule has 0 atom stereocenters. The molecule has 2 aromatic carbocycles. The summed E-state index contributed by atoms with van der Waals surface area (Å²) in [6, 6.07) is 8.06. The minimum atomic E-state index is -0.876. The SMILES string of the molecule is Cc1ccc(OCC(=O)N=Nc2c(O)[nH]c3ccc([N+](=O)[O-])cc23)c([N+](=O)[O-])c1. The third-order valence-corrected chi connectivity index (χ3v) is 3.87. The van der Waals surface area contributed by atoms with Crippen LogP contribution in [0.1, 0.15) is 5.56 Å². The van der Waals surface area contributed by atoms with E-state index in [-0.39, 0.29) is 28.2 Å². The van der Waals surface area contributed by atoms with Crippen LogP contribution in [0.4, 0.5) is 17.1 Å². The first-order chi connectivity index (χ1) is 13.8. The first-order valence-corrected chi connectivity index (χ1v) is 8.07. The standard InChI is InChI=1S/C17H13N5O7/c1-9-2-5-14(13(6-9)22(27)28)29-8-15(23)19-20-16-11-7-10(21(25)26)3-4-12(11)18-17(16)24/h2-7,18,24H,8H2,1H3. The fourth-order valence-electron chi connectivity index (χ4n) is 2.53. The van der Waals surface area contributed by atoms with Crippen molar-refractivity contribution >= 4 is 33.9 Å². The van der Waals surface area contributed by atoms with Gasteiger partial charge in [-0.15, -0.1) is 10.2 Å². The normalized spacial score (nSPS) is 11.1. The third kappa shape index (κ3) is 4.16. The Morgan fingerprint density at radius 1 is 1.17 bits per heavy atom. The Labute approximate surface area is 161 Å². The maximum Gasteiger partial charge on any atom is 0.311 e. The van der Waals surface area contributed by atoms with Gasteiger partial charge in [0.15, 0.2) is 18.0 Å². The van der Waals surface area contributed by atoms with E-state index in [4.69, 9.17) is 4.74 Å². The fourth-order valence-corrected chi connectivity index (χ4v) is 2.53. The van der Waals surface area contributed by atoms with E-state index in [1.807, 2.05) is 0 Å². The number of H-pyrrole nitrogens is 1. The second-order valence-electron chi connectivity index (χ2n) is 5.92. The van der Waals surface area contributed by atoms with Gasteiger partial charge in [0.05, 0.1) is 15.4 Å². The van der Waals surface area contributed by atoms with Gasteiger partial charge in [-0.05, 0) is 24.6 Å². The topological polar surface area (TPSA) is 173 Å². The van der Waals surface area contributed by atoms with E-state index in [1.165, 1.54) is 30.3 Å². The number of aromatic hydroxyl groups is 1. The summed E-state index contributed by atoms with van der Waals surface area (Å²) < 4.78 is 5.15. The zero-order chi connectivity index (χ0) is 21.1. The number of nitrogens with zero attached hydrogens (tertiary/aromatic N) is 4. The quantitative estimate of drug-likeness (QED) is 0.361. The zero-order valence-electron chi connectivity index (χ0n) is 14.9. The van der Waals surface area contributed by atoms with E-state index in [2.05, 4.69) is 15.2 Å². The van der Waals surface area contributed by atoms with E-state index < -0.39 is 28.2 Å². The van der Waals surface area contributed by atoms with Gasteiger partial charge in [0.1, 0.15) is 0 Å². The van der Waals surface area contributed by atoms with Crippen molar-refractivity contribution in [1.82, 2.24) is 4.98 Å².